The molecule has 0 spiro atoms. The number of morpholine rings is 1. The van der Waals surface area contributed by atoms with E-state index in [9.17, 15) is 4.79 Å². The number of halogens is 1. The third kappa shape index (κ3) is 4.26. The molecule has 28 heavy (non-hydrogen) atoms. The zero-order chi connectivity index (χ0) is 19.7. The van der Waals surface area contributed by atoms with Crippen molar-refractivity contribution in [3.63, 3.8) is 0 Å². The number of anilines is 1. The Morgan fingerprint density at radius 3 is 2.61 bits per heavy atom. The standard InChI is InChI=1S/C20H30ClN5O2/c1-14-11-24(12-15(2)28-14)13-16-6-5-9-26(16)19(27)18-17(21)10-22-20(23-18)25-7-3-4-8-25/h10,14-16H,3-9,11-13H2,1-2H3. The first kappa shape index (κ1) is 19.9. The quantitative estimate of drug-likeness (QED) is 0.764. The van der Waals surface area contributed by atoms with E-state index in [-0.39, 0.29) is 24.2 Å². The zero-order valence-electron chi connectivity index (χ0n) is 16.8. The number of aromatic nitrogens is 2. The van der Waals surface area contributed by atoms with Gasteiger partial charge in [-0.3, -0.25) is 9.69 Å². The predicted molar refractivity (Wildman–Crippen MR) is 109 cm³/mol. The van der Waals surface area contributed by atoms with Crippen molar-refractivity contribution in [1.82, 2.24) is 19.8 Å². The van der Waals surface area contributed by atoms with E-state index < -0.39 is 0 Å². The fourth-order valence-electron chi connectivity index (χ4n) is 4.74. The smallest absolute Gasteiger partial charge is 0.274 e. The molecule has 4 rings (SSSR count). The van der Waals surface area contributed by atoms with Gasteiger partial charge in [-0.05, 0) is 39.5 Å². The summed E-state index contributed by atoms with van der Waals surface area (Å²) in [6.07, 6.45) is 6.36. The van der Waals surface area contributed by atoms with E-state index in [0.29, 0.717) is 16.7 Å². The highest BCUT2D eigenvalue weighted by atomic mass is 35.5. The largest absolute Gasteiger partial charge is 0.373 e. The van der Waals surface area contributed by atoms with Gasteiger partial charge in [-0.15, -0.1) is 0 Å². The van der Waals surface area contributed by atoms with Gasteiger partial charge >= 0.3 is 0 Å². The molecule has 3 saturated heterocycles. The van der Waals surface area contributed by atoms with Gasteiger partial charge in [0.15, 0.2) is 5.69 Å². The third-order valence-corrected chi connectivity index (χ3v) is 6.20. The SMILES string of the molecule is CC1CN(CC2CCCN2C(=O)c2nc(N3CCCC3)ncc2Cl)CC(C)O1. The fourth-order valence-corrected chi connectivity index (χ4v) is 4.91. The molecule has 3 fully saturated rings. The van der Waals surface area contributed by atoms with Gasteiger partial charge in [-0.25, -0.2) is 9.97 Å². The molecule has 3 aliphatic heterocycles. The van der Waals surface area contributed by atoms with Crippen LogP contribution >= 0.6 is 11.6 Å². The summed E-state index contributed by atoms with van der Waals surface area (Å²) >= 11 is 6.34. The summed E-state index contributed by atoms with van der Waals surface area (Å²) < 4.78 is 5.84. The molecule has 3 aliphatic rings. The number of amides is 1. The molecule has 7 nitrogen and oxygen atoms in total. The van der Waals surface area contributed by atoms with Crippen LogP contribution in [-0.4, -0.2) is 83.2 Å². The summed E-state index contributed by atoms with van der Waals surface area (Å²) in [5, 5.41) is 0.340. The Bertz CT molecular complexity index is 702. The van der Waals surface area contributed by atoms with Gasteiger partial charge in [0.05, 0.1) is 23.4 Å². The monoisotopic (exact) mass is 407 g/mol. The first-order valence-corrected chi connectivity index (χ1v) is 10.9. The molecule has 0 radical (unpaired) electrons. The van der Waals surface area contributed by atoms with Gasteiger partial charge in [0.25, 0.3) is 5.91 Å². The van der Waals surface area contributed by atoms with Crippen LogP contribution in [0.4, 0.5) is 5.95 Å². The van der Waals surface area contributed by atoms with Crippen molar-refractivity contribution in [2.75, 3.05) is 44.2 Å². The second kappa shape index (κ2) is 8.51. The van der Waals surface area contributed by atoms with E-state index >= 15 is 0 Å². The summed E-state index contributed by atoms with van der Waals surface area (Å²) in [5.41, 5.74) is 0.342. The molecule has 1 aromatic rings. The number of nitrogens with zero attached hydrogens (tertiary/aromatic N) is 5. The Morgan fingerprint density at radius 1 is 1.18 bits per heavy atom. The molecule has 8 heteroatoms. The minimum Gasteiger partial charge on any atom is -0.373 e. The van der Waals surface area contributed by atoms with Gasteiger partial charge in [0.1, 0.15) is 0 Å². The highest BCUT2D eigenvalue weighted by Crippen LogP contribution is 2.26. The number of hydrogen-bond donors (Lipinski definition) is 0. The average Bonchev–Trinajstić information content (AvgIpc) is 3.32. The lowest BCUT2D eigenvalue weighted by Crippen LogP contribution is -2.51. The minimum absolute atomic E-state index is 0.0651. The van der Waals surface area contributed by atoms with Crippen molar-refractivity contribution in [2.45, 2.75) is 57.8 Å². The maximum atomic E-state index is 13.3. The second-order valence-electron chi connectivity index (χ2n) is 8.33. The lowest BCUT2D eigenvalue weighted by molar-refractivity contribution is -0.0715. The van der Waals surface area contributed by atoms with Gasteiger partial charge in [0.2, 0.25) is 5.95 Å². The van der Waals surface area contributed by atoms with Crippen LogP contribution in [0.2, 0.25) is 5.02 Å². The van der Waals surface area contributed by atoms with Crippen LogP contribution in [0.5, 0.6) is 0 Å². The molecular formula is C20H30ClN5O2. The molecule has 1 aromatic heterocycles. The molecule has 3 atom stereocenters. The maximum absolute atomic E-state index is 13.3. The molecule has 154 valence electrons. The van der Waals surface area contributed by atoms with Crippen molar-refractivity contribution in [3.8, 4) is 0 Å². The Kier molecular flexibility index (Phi) is 6.04. The van der Waals surface area contributed by atoms with E-state index in [2.05, 4.69) is 33.6 Å². The first-order chi connectivity index (χ1) is 13.5. The molecule has 0 aromatic carbocycles. The molecular weight excluding hydrogens is 378 g/mol. The molecule has 0 bridgehead atoms. The summed E-state index contributed by atoms with van der Waals surface area (Å²) in [6, 6.07) is 0.200. The fraction of sp³-hybridized carbons (Fsp3) is 0.750. The summed E-state index contributed by atoms with van der Waals surface area (Å²) in [7, 11) is 0. The molecule has 4 heterocycles. The van der Waals surface area contributed by atoms with Crippen molar-refractivity contribution >= 4 is 23.5 Å². The summed E-state index contributed by atoms with van der Waals surface area (Å²) in [6.45, 7) is 9.57. The van der Waals surface area contributed by atoms with Crippen molar-refractivity contribution in [2.24, 2.45) is 0 Å². The lowest BCUT2D eigenvalue weighted by atomic mass is 10.1. The Balaban J connectivity index is 1.48. The Labute approximate surface area is 172 Å². The molecule has 0 N–H and O–H groups in total. The van der Waals surface area contributed by atoms with E-state index in [1.165, 1.54) is 0 Å². The van der Waals surface area contributed by atoms with Crippen LogP contribution in [0.1, 0.15) is 50.0 Å². The molecule has 0 aliphatic carbocycles. The zero-order valence-corrected chi connectivity index (χ0v) is 17.6. The van der Waals surface area contributed by atoms with Crippen molar-refractivity contribution < 1.29 is 9.53 Å². The summed E-state index contributed by atoms with van der Waals surface area (Å²) in [4.78, 5) is 28.7. The van der Waals surface area contributed by atoms with Crippen LogP contribution in [0.15, 0.2) is 6.20 Å². The predicted octanol–water partition coefficient (Wildman–Crippen LogP) is 2.44. The number of carbonyl (C=O) groups excluding carboxylic acids is 1. The Morgan fingerprint density at radius 2 is 1.89 bits per heavy atom. The van der Waals surface area contributed by atoms with E-state index in [0.717, 1.165) is 65.0 Å². The van der Waals surface area contributed by atoms with Gasteiger partial charge in [-0.2, -0.15) is 0 Å². The lowest BCUT2D eigenvalue weighted by Gasteiger charge is -2.38. The van der Waals surface area contributed by atoms with E-state index in [1.807, 2.05) is 4.90 Å². The summed E-state index contributed by atoms with van der Waals surface area (Å²) in [5.74, 6) is 0.557. The molecule has 1 amide bonds. The normalized spacial score (nSPS) is 28.9. The number of carbonyl (C=O) groups is 1. The van der Waals surface area contributed by atoms with Crippen LogP contribution in [0.3, 0.4) is 0 Å². The van der Waals surface area contributed by atoms with E-state index in [1.54, 1.807) is 6.20 Å². The second-order valence-corrected chi connectivity index (χ2v) is 8.74. The number of rotatable bonds is 4. The van der Waals surface area contributed by atoms with Crippen molar-refractivity contribution in [1.29, 1.82) is 0 Å². The van der Waals surface area contributed by atoms with E-state index in [4.69, 9.17) is 16.3 Å². The van der Waals surface area contributed by atoms with Gasteiger partial charge < -0.3 is 14.5 Å². The maximum Gasteiger partial charge on any atom is 0.274 e. The topological polar surface area (TPSA) is 61.8 Å². The highest BCUT2D eigenvalue weighted by molar-refractivity contribution is 6.33. The highest BCUT2D eigenvalue weighted by Gasteiger charge is 2.34. The number of hydrogen-bond acceptors (Lipinski definition) is 6. The minimum atomic E-state index is -0.0651. The van der Waals surface area contributed by atoms with Gasteiger partial charge in [-0.1, -0.05) is 11.6 Å². The van der Waals surface area contributed by atoms with Crippen LogP contribution in [0, 0.1) is 0 Å². The molecule has 3 unspecified atom stereocenters. The third-order valence-electron chi connectivity index (χ3n) is 5.93. The first-order valence-electron chi connectivity index (χ1n) is 10.5. The number of likely N-dealkylation sites (tertiary alicyclic amines) is 1. The van der Waals surface area contributed by atoms with Crippen LogP contribution < -0.4 is 4.90 Å². The van der Waals surface area contributed by atoms with Crippen LogP contribution in [0.25, 0.3) is 0 Å². The molecule has 0 saturated carbocycles. The van der Waals surface area contributed by atoms with Crippen molar-refractivity contribution in [3.05, 3.63) is 16.9 Å². The Hall–Kier alpha value is -1.44. The van der Waals surface area contributed by atoms with Gasteiger partial charge in [0, 0.05) is 45.3 Å². The average molecular weight is 408 g/mol. The number of ether oxygens (including phenoxy) is 1. The van der Waals surface area contributed by atoms with Crippen LogP contribution in [-0.2, 0) is 4.74 Å².